The molecule has 1 aliphatic carbocycles. The Morgan fingerprint density at radius 1 is 1.12 bits per heavy atom. The van der Waals surface area contributed by atoms with Crippen molar-refractivity contribution in [2.45, 2.75) is 64.0 Å². The van der Waals surface area contributed by atoms with Gasteiger partial charge in [-0.3, -0.25) is 9.58 Å². The number of piperidine rings is 1. The van der Waals surface area contributed by atoms with Crippen LogP contribution in [0.1, 0.15) is 73.5 Å². The average Bonchev–Trinajstić information content (AvgIpc) is 3.07. The van der Waals surface area contributed by atoms with Gasteiger partial charge in [0, 0.05) is 25.1 Å². The minimum atomic E-state index is 0.191. The van der Waals surface area contributed by atoms with Crippen molar-refractivity contribution in [1.29, 1.82) is 0 Å². The van der Waals surface area contributed by atoms with Gasteiger partial charge in [0.2, 0.25) is 11.8 Å². The van der Waals surface area contributed by atoms with Crippen molar-refractivity contribution >= 4 is 11.6 Å². The number of nitrogens with zero attached hydrogens (tertiary/aromatic N) is 5. The zero-order valence-electron chi connectivity index (χ0n) is 14.3. The molecule has 7 heteroatoms. The molecule has 1 saturated carbocycles. The molecule has 3 heterocycles. The Morgan fingerprint density at radius 3 is 2.58 bits per heavy atom. The molecule has 0 amide bonds. The molecular weight excluding hydrogens is 326 g/mol. The molecule has 2 fully saturated rings. The maximum Gasteiger partial charge on any atom is 0.233 e. The molecule has 0 spiro atoms. The maximum atomic E-state index is 6.42. The van der Waals surface area contributed by atoms with Gasteiger partial charge in [0.15, 0.2) is 0 Å². The van der Waals surface area contributed by atoms with Crippen molar-refractivity contribution in [2.24, 2.45) is 7.05 Å². The number of aryl methyl sites for hydroxylation is 2. The SMILES string of the molecule is Cc1nn(C)c(Cl)c1CN1CCCCC1c1nnc(C2CCC2)o1. The Bertz CT molecular complexity index is 721. The first kappa shape index (κ1) is 16.1. The molecule has 2 aromatic rings. The van der Waals surface area contributed by atoms with Crippen LogP contribution >= 0.6 is 11.6 Å². The average molecular weight is 350 g/mol. The van der Waals surface area contributed by atoms with Gasteiger partial charge in [0.05, 0.1) is 11.7 Å². The van der Waals surface area contributed by atoms with E-state index in [4.69, 9.17) is 16.0 Å². The highest BCUT2D eigenvalue weighted by Crippen LogP contribution is 2.38. The summed E-state index contributed by atoms with van der Waals surface area (Å²) in [5.74, 6) is 2.09. The van der Waals surface area contributed by atoms with Crippen LogP contribution in [0.2, 0.25) is 5.15 Å². The molecule has 0 radical (unpaired) electrons. The Kier molecular flexibility index (Phi) is 4.35. The van der Waals surface area contributed by atoms with E-state index in [1.165, 1.54) is 32.1 Å². The third kappa shape index (κ3) is 2.86. The summed E-state index contributed by atoms with van der Waals surface area (Å²) >= 11 is 6.42. The molecule has 1 unspecified atom stereocenters. The van der Waals surface area contributed by atoms with Gasteiger partial charge >= 0.3 is 0 Å². The molecule has 6 nitrogen and oxygen atoms in total. The standard InChI is InChI=1S/C17H24ClN5O/c1-11-13(15(18)22(2)21-11)10-23-9-4-3-8-14(23)17-20-19-16(24-17)12-6-5-7-12/h12,14H,3-10H2,1-2H3. The molecule has 0 N–H and O–H groups in total. The summed E-state index contributed by atoms with van der Waals surface area (Å²) < 4.78 is 7.79. The molecular formula is C17H24ClN5O. The van der Waals surface area contributed by atoms with Crippen LogP contribution < -0.4 is 0 Å². The lowest BCUT2D eigenvalue weighted by Gasteiger charge is -2.33. The molecule has 0 bridgehead atoms. The van der Waals surface area contributed by atoms with Gasteiger partial charge in [0.1, 0.15) is 5.15 Å². The number of hydrogen-bond donors (Lipinski definition) is 0. The molecule has 130 valence electrons. The van der Waals surface area contributed by atoms with E-state index in [2.05, 4.69) is 20.2 Å². The summed E-state index contributed by atoms with van der Waals surface area (Å²) in [7, 11) is 1.88. The van der Waals surface area contributed by atoms with Gasteiger partial charge in [0.25, 0.3) is 0 Å². The van der Waals surface area contributed by atoms with E-state index in [9.17, 15) is 0 Å². The topological polar surface area (TPSA) is 60.0 Å². The van der Waals surface area contributed by atoms with Crippen LogP contribution in [0.3, 0.4) is 0 Å². The molecule has 2 aromatic heterocycles. The van der Waals surface area contributed by atoms with Crippen molar-refractivity contribution < 1.29 is 4.42 Å². The highest BCUT2D eigenvalue weighted by atomic mass is 35.5. The number of likely N-dealkylation sites (tertiary alicyclic amines) is 1. The zero-order valence-corrected chi connectivity index (χ0v) is 15.1. The fourth-order valence-corrected chi connectivity index (χ4v) is 3.95. The summed E-state index contributed by atoms with van der Waals surface area (Å²) in [6.07, 6.45) is 7.08. The first-order chi connectivity index (χ1) is 11.6. The lowest BCUT2D eigenvalue weighted by atomic mass is 9.85. The largest absolute Gasteiger partial charge is 0.423 e. The third-order valence-corrected chi connectivity index (χ3v) is 5.91. The summed E-state index contributed by atoms with van der Waals surface area (Å²) in [5, 5.41) is 13.8. The first-order valence-electron chi connectivity index (χ1n) is 8.89. The molecule has 1 saturated heterocycles. The summed E-state index contributed by atoms with van der Waals surface area (Å²) in [5.41, 5.74) is 2.09. The second-order valence-corrected chi connectivity index (χ2v) is 7.42. The van der Waals surface area contributed by atoms with Crippen LogP contribution in [-0.2, 0) is 13.6 Å². The maximum absolute atomic E-state index is 6.42. The van der Waals surface area contributed by atoms with E-state index in [0.717, 1.165) is 47.7 Å². The van der Waals surface area contributed by atoms with Crippen LogP contribution in [0.15, 0.2) is 4.42 Å². The third-order valence-electron chi connectivity index (χ3n) is 5.44. The predicted octanol–water partition coefficient (Wildman–Crippen LogP) is 3.76. The molecule has 0 aromatic carbocycles. The molecule has 1 atom stereocenters. The van der Waals surface area contributed by atoms with E-state index in [1.54, 1.807) is 4.68 Å². The van der Waals surface area contributed by atoms with E-state index in [1.807, 2.05) is 14.0 Å². The minimum Gasteiger partial charge on any atom is -0.423 e. The van der Waals surface area contributed by atoms with Gasteiger partial charge in [-0.25, -0.2) is 0 Å². The quantitative estimate of drug-likeness (QED) is 0.841. The van der Waals surface area contributed by atoms with Crippen LogP contribution in [0.25, 0.3) is 0 Å². The van der Waals surface area contributed by atoms with Crippen LogP contribution in [-0.4, -0.2) is 31.4 Å². The molecule has 1 aliphatic heterocycles. The normalized spacial score (nSPS) is 22.7. The first-order valence-corrected chi connectivity index (χ1v) is 9.26. The number of rotatable bonds is 4. The second kappa shape index (κ2) is 6.48. The molecule has 2 aliphatic rings. The Balaban J connectivity index is 1.55. The number of aromatic nitrogens is 4. The fourth-order valence-electron chi connectivity index (χ4n) is 3.72. The van der Waals surface area contributed by atoms with Crippen molar-refractivity contribution in [3.05, 3.63) is 28.2 Å². The summed E-state index contributed by atoms with van der Waals surface area (Å²) in [4.78, 5) is 2.41. The lowest BCUT2D eigenvalue weighted by Crippen LogP contribution is -2.33. The lowest BCUT2D eigenvalue weighted by molar-refractivity contribution is 0.115. The number of hydrogen-bond acceptors (Lipinski definition) is 5. The Hall–Kier alpha value is -1.40. The monoisotopic (exact) mass is 349 g/mol. The van der Waals surface area contributed by atoms with Crippen LogP contribution in [0.4, 0.5) is 0 Å². The van der Waals surface area contributed by atoms with Crippen LogP contribution in [0.5, 0.6) is 0 Å². The highest BCUT2D eigenvalue weighted by molar-refractivity contribution is 6.30. The highest BCUT2D eigenvalue weighted by Gasteiger charge is 2.32. The molecule has 4 rings (SSSR count). The minimum absolute atomic E-state index is 0.191. The van der Waals surface area contributed by atoms with Gasteiger partial charge in [-0.2, -0.15) is 5.10 Å². The van der Waals surface area contributed by atoms with Crippen molar-refractivity contribution in [3.8, 4) is 0 Å². The fraction of sp³-hybridized carbons (Fsp3) is 0.706. The van der Waals surface area contributed by atoms with E-state index in [0.29, 0.717) is 5.92 Å². The summed E-state index contributed by atoms with van der Waals surface area (Å²) in [6, 6.07) is 0.191. The van der Waals surface area contributed by atoms with E-state index < -0.39 is 0 Å². The Labute approximate surface area is 147 Å². The van der Waals surface area contributed by atoms with Crippen molar-refractivity contribution in [2.75, 3.05) is 6.54 Å². The van der Waals surface area contributed by atoms with Crippen LogP contribution in [0, 0.1) is 6.92 Å². The van der Waals surface area contributed by atoms with E-state index >= 15 is 0 Å². The van der Waals surface area contributed by atoms with Crippen molar-refractivity contribution in [3.63, 3.8) is 0 Å². The van der Waals surface area contributed by atoms with Gasteiger partial charge in [-0.1, -0.05) is 24.4 Å². The van der Waals surface area contributed by atoms with Gasteiger partial charge < -0.3 is 4.42 Å². The second-order valence-electron chi connectivity index (χ2n) is 7.07. The smallest absolute Gasteiger partial charge is 0.233 e. The zero-order chi connectivity index (χ0) is 16.7. The van der Waals surface area contributed by atoms with Crippen molar-refractivity contribution in [1.82, 2.24) is 24.9 Å². The molecule has 24 heavy (non-hydrogen) atoms. The van der Waals surface area contributed by atoms with Gasteiger partial charge in [-0.05, 0) is 39.2 Å². The Morgan fingerprint density at radius 2 is 1.92 bits per heavy atom. The number of halogens is 1. The van der Waals surface area contributed by atoms with Gasteiger partial charge in [-0.15, -0.1) is 10.2 Å². The van der Waals surface area contributed by atoms with E-state index in [-0.39, 0.29) is 6.04 Å². The summed E-state index contributed by atoms with van der Waals surface area (Å²) in [6.45, 7) is 3.82. The predicted molar refractivity (Wildman–Crippen MR) is 90.8 cm³/mol.